The predicted molar refractivity (Wildman–Crippen MR) is 42.9 cm³/mol. The Balaban J connectivity index is 2.30. The molecule has 1 aromatic rings. The fourth-order valence-electron chi connectivity index (χ4n) is 1.21. The van der Waals surface area contributed by atoms with E-state index in [0.29, 0.717) is 5.92 Å². The van der Waals surface area contributed by atoms with Gasteiger partial charge in [-0.2, -0.15) is 0 Å². The Morgan fingerprint density at radius 2 is 1.67 bits per heavy atom. The molecule has 2 rings (SSSR count). The van der Waals surface area contributed by atoms with Crippen molar-refractivity contribution in [2.24, 2.45) is 0 Å². The van der Waals surface area contributed by atoms with Crippen LogP contribution in [-0.4, -0.2) is 28.2 Å². The highest BCUT2D eigenvalue weighted by Crippen LogP contribution is 2.20. The zero-order valence-corrected chi connectivity index (χ0v) is 7.24. The number of aromatic nitrogens is 3. The molecule has 1 aromatic heterocycles. The molecule has 0 amide bonds. The van der Waals surface area contributed by atoms with E-state index in [1.54, 1.807) is 0 Å². The van der Waals surface area contributed by atoms with Gasteiger partial charge >= 0.3 is 0 Å². The van der Waals surface area contributed by atoms with Gasteiger partial charge in [-0.3, -0.25) is 0 Å². The van der Waals surface area contributed by atoms with Crippen LogP contribution in [0.4, 0.5) is 0 Å². The van der Waals surface area contributed by atoms with Gasteiger partial charge in [-0.1, -0.05) is 0 Å². The van der Waals surface area contributed by atoms with Gasteiger partial charge in [0.05, 0.1) is 19.1 Å². The molecule has 0 bridgehead atoms. The summed E-state index contributed by atoms with van der Waals surface area (Å²) in [5.41, 5.74) is 0. The lowest BCUT2D eigenvalue weighted by Crippen LogP contribution is -2.27. The highest BCUT2D eigenvalue weighted by Gasteiger charge is 2.23. The van der Waals surface area contributed by atoms with E-state index in [2.05, 4.69) is 15.0 Å². The van der Waals surface area contributed by atoms with Crippen molar-refractivity contribution in [1.29, 1.82) is 0 Å². The summed E-state index contributed by atoms with van der Waals surface area (Å²) >= 11 is 0. The van der Waals surface area contributed by atoms with Gasteiger partial charge in [-0.25, -0.2) is 15.0 Å². The van der Waals surface area contributed by atoms with E-state index in [4.69, 9.17) is 4.74 Å². The highest BCUT2D eigenvalue weighted by atomic mass is 16.5. The van der Waals surface area contributed by atoms with Crippen LogP contribution in [0.15, 0.2) is 0 Å². The van der Waals surface area contributed by atoms with Gasteiger partial charge < -0.3 is 4.74 Å². The minimum Gasteiger partial charge on any atom is -0.380 e. The van der Waals surface area contributed by atoms with Crippen LogP contribution in [0.1, 0.15) is 23.4 Å². The molecule has 1 aliphatic heterocycles. The minimum absolute atomic E-state index is 0.394. The molecule has 4 heteroatoms. The quantitative estimate of drug-likeness (QED) is 0.611. The average Bonchev–Trinajstić information content (AvgIpc) is 1.79. The van der Waals surface area contributed by atoms with Crippen molar-refractivity contribution in [1.82, 2.24) is 15.0 Å². The second-order valence-electron chi connectivity index (χ2n) is 3.02. The Morgan fingerprint density at radius 1 is 1.08 bits per heavy atom. The highest BCUT2D eigenvalue weighted by molar-refractivity contribution is 5.03. The zero-order chi connectivity index (χ0) is 8.55. The SMILES string of the molecule is Cc1nc(C)nc(C2COC2)n1. The first-order valence-corrected chi connectivity index (χ1v) is 4.02. The van der Waals surface area contributed by atoms with Crippen LogP contribution < -0.4 is 0 Å². The topological polar surface area (TPSA) is 47.9 Å². The van der Waals surface area contributed by atoms with Gasteiger partial charge in [0, 0.05) is 0 Å². The number of hydrogen-bond donors (Lipinski definition) is 0. The van der Waals surface area contributed by atoms with Crippen molar-refractivity contribution >= 4 is 0 Å². The molecule has 0 atom stereocenters. The molecule has 1 saturated heterocycles. The first-order valence-electron chi connectivity index (χ1n) is 4.02. The van der Waals surface area contributed by atoms with E-state index in [0.717, 1.165) is 30.7 Å². The Labute approximate surface area is 71.0 Å². The Kier molecular flexibility index (Phi) is 1.77. The summed E-state index contributed by atoms with van der Waals surface area (Å²) in [4.78, 5) is 12.6. The number of ether oxygens (including phenoxy) is 1. The molecule has 0 aliphatic carbocycles. The summed E-state index contributed by atoms with van der Waals surface area (Å²) in [5.74, 6) is 2.87. The number of rotatable bonds is 1. The van der Waals surface area contributed by atoms with Gasteiger partial charge in [0.2, 0.25) is 0 Å². The standard InChI is InChI=1S/C8H11N3O/c1-5-9-6(2)11-8(10-5)7-3-12-4-7/h7H,3-4H2,1-2H3. The summed E-state index contributed by atoms with van der Waals surface area (Å²) in [6.07, 6.45) is 0. The van der Waals surface area contributed by atoms with E-state index in [1.807, 2.05) is 13.8 Å². The second-order valence-corrected chi connectivity index (χ2v) is 3.02. The third-order valence-corrected chi connectivity index (χ3v) is 1.88. The van der Waals surface area contributed by atoms with E-state index in [-0.39, 0.29) is 0 Å². The van der Waals surface area contributed by atoms with Crippen LogP contribution in [-0.2, 0) is 4.74 Å². The number of hydrogen-bond acceptors (Lipinski definition) is 4. The van der Waals surface area contributed by atoms with Crippen LogP contribution in [0.3, 0.4) is 0 Å². The van der Waals surface area contributed by atoms with E-state index in [1.165, 1.54) is 0 Å². The average molecular weight is 165 g/mol. The lowest BCUT2D eigenvalue weighted by Gasteiger charge is -2.24. The maximum atomic E-state index is 5.07. The van der Waals surface area contributed by atoms with Crippen LogP contribution in [0.2, 0.25) is 0 Å². The molecule has 0 saturated carbocycles. The molecular weight excluding hydrogens is 154 g/mol. The predicted octanol–water partition coefficient (Wildman–Crippen LogP) is 0.602. The zero-order valence-electron chi connectivity index (χ0n) is 7.24. The number of aryl methyl sites for hydroxylation is 2. The molecule has 1 aliphatic rings. The van der Waals surface area contributed by atoms with Crippen molar-refractivity contribution in [3.8, 4) is 0 Å². The summed E-state index contributed by atoms with van der Waals surface area (Å²) in [5, 5.41) is 0. The molecule has 0 unspecified atom stereocenters. The summed E-state index contributed by atoms with van der Waals surface area (Å²) in [7, 11) is 0. The molecule has 0 radical (unpaired) electrons. The molecule has 0 N–H and O–H groups in total. The lowest BCUT2D eigenvalue weighted by atomic mass is 10.1. The summed E-state index contributed by atoms with van der Waals surface area (Å²) in [6.45, 7) is 5.28. The van der Waals surface area contributed by atoms with E-state index >= 15 is 0 Å². The van der Waals surface area contributed by atoms with E-state index < -0.39 is 0 Å². The van der Waals surface area contributed by atoms with Crippen molar-refractivity contribution in [3.63, 3.8) is 0 Å². The Morgan fingerprint density at radius 3 is 2.08 bits per heavy atom. The monoisotopic (exact) mass is 165 g/mol. The normalized spacial score (nSPS) is 17.5. The van der Waals surface area contributed by atoms with Gasteiger partial charge in [0.1, 0.15) is 17.5 Å². The molecule has 64 valence electrons. The molecule has 1 fully saturated rings. The molecule has 2 heterocycles. The summed E-state index contributed by atoms with van der Waals surface area (Å²) in [6, 6.07) is 0. The van der Waals surface area contributed by atoms with E-state index in [9.17, 15) is 0 Å². The number of nitrogens with zero attached hydrogens (tertiary/aromatic N) is 3. The largest absolute Gasteiger partial charge is 0.380 e. The molecular formula is C8H11N3O. The van der Waals surface area contributed by atoms with Crippen LogP contribution >= 0.6 is 0 Å². The molecule has 0 aromatic carbocycles. The van der Waals surface area contributed by atoms with Gasteiger partial charge in [0.25, 0.3) is 0 Å². The lowest BCUT2D eigenvalue weighted by molar-refractivity contribution is 0.00462. The minimum atomic E-state index is 0.394. The molecule has 12 heavy (non-hydrogen) atoms. The smallest absolute Gasteiger partial charge is 0.140 e. The molecule has 0 spiro atoms. The van der Waals surface area contributed by atoms with Crippen molar-refractivity contribution in [2.75, 3.05) is 13.2 Å². The van der Waals surface area contributed by atoms with Gasteiger partial charge in [-0.05, 0) is 13.8 Å². The fourth-order valence-corrected chi connectivity index (χ4v) is 1.21. The Bertz CT molecular complexity index is 276. The van der Waals surface area contributed by atoms with Crippen LogP contribution in [0.5, 0.6) is 0 Å². The second kappa shape index (κ2) is 2.79. The third kappa shape index (κ3) is 1.30. The van der Waals surface area contributed by atoms with Crippen molar-refractivity contribution in [3.05, 3.63) is 17.5 Å². The Hall–Kier alpha value is -1.03. The maximum absolute atomic E-state index is 5.07. The maximum Gasteiger partial charge on any atom is 0.140 e. The van der Waals surface area contributed by atoms with Crippen LogP contribution in [0.25, 0.3) is 0 Å². The van der Waals surface area contributed by atoms with Crippen molar-refractivity contribution in [2.45, 2.75) is 19.8 Å². The van der Waals surface area contributed by atoms with Gasteiger partial charge in [0.15, 0.2) is 0 Å². The van der Waals surface area contributed by atoms with Crippen molar-refractivity contribution < 1.29 is 4.74 Å². The first kappa shape index (κ1) is 7.61. The third-order valence-electron chi connectivity index (χ3n) is 1.88. The first-order chi connectivity index (χ1) is 5.75. The fraction of sp³-hybridized carbons (Fsp3) is 0.625. The van der Waals surface area contributed by atoms with Crippen LogP contribution in [0, 0.1) is 13.8 Å². The summed E-state index contributed by atoms with van der Waals surface area (Å²) < 4.78 is 5.07. The van der Waals surface area contributed by atoms with Gasteiger partial charge in [-0.15, -0.1) is 0 Å². The molecule has 4 nitrogen and oxygen atoms in total.